The highest BCUT2D eigenvalue weighted by molar-refractivity contribution is 5.99. The number of Topliss-reactive ketones (excluding diaryl/α,β-unsaturated/α-hetero) is 1. The van der Waals surface area contributed by atoms with Crippen LogP contribution < -0.4 is 4.90 Å². The van der Waals surface area contributed by atoms with Crippen LogP contribution in [0.5, 0.6) is 0 Å². The lowest BCUT2D eigenvalue weighted by atomic mass is 9.66. The fourth-order valence-electron chi connectivity index (χ4n) is 4.86. The summed E-state index contributed by atoms with van der Waals surface area (Å²) in [5.74, 6) is -4.10. The third kappa shape index (κ3) is 3.95. The molecule has 1 aliphatic heterocycles. The van der Waals surface area contributed by atoms with Crippen molar-refractivity contribution in [2.45, 2.75) is 45.0 Å². The number of alkyl halides is 2. The molecule has 30 heavy (non-hydrogen) atoms. The maximum Gasteiger partial charge on any atom is 0.249 e. The van der Waals surface area contributed by atoms with Crippen molar-refractivity contribution in [3.8, 4) is 0 Å². The summed E-state index contributed by atoms with van der Waals surface area (Å²) in [4.78, 5) is 35.5. The molecule has 1 amide bonds. The van der Waals surface area contributed by atoms with Gasteiger partial charge in [0.2, 0.25) is 11.8 Å². The maximum atomic E-state index is 14.7. The van der Waals surface area contributed by atoms with Crippen molar-refractivity contribution in [2.24, 2.45) is 11.3 Å². The summed E-state index contributed by atoms with van der Waals surface area (Å²) in [5.41, 5.74) is -1.05. The van der Waals surface area contributed by atoms with E-state index in [1.54, 1.807) is 13.0 Å². The topological polar surface area (TPSA) is 63.2 Å². The number of ketones is 1. The Bertz CT molecular complexity index is 997. The van der Waals surface area contributed by atoms with E-state index in [0.717, 1.165) is 6.07 Å². The number of hydrogen-bond donors (Lipinski definition) is 0. The summed E-state index contributed by atoms with van der Waals surface area (Å²) in [7, 11) is 0. The Balaban J connectivity index is 1.55. The van der Waals surface area contributed by atoms with Gasteiger partial charge in [0.15, 0.2) is 5.78 Å². The molecule has 0 N–H and O–H groups in total. The SMILES string of the molecule is Cc1nccc(N2CC[C@@]3(C[C@@H](CC(=O)c4cccc(F)c4)CC(F)(F)C3)C2=O)n1. The zero-order chi connectivity index (χ0) is 21.5. The second kappa shape index (κ2) is 7.49. The second-order valence-corrected chi connectivity index (χ2v) is 8.39. The number of anilines is 1. The van der Waals surface area contributed by atoms with Crippen LogP contribution in [0, 0.1) is 24.1 Å². The van der Waals surface area contributed by atoms with Gasteiger partial charge in [-0.25, -0.2) is 23.1 Å². The molecule has 4 rings (SSSR count). The molecule has 1 aliphatic carbocycles. The lowest BCUT2D eigenvalue weighted by Crippen LogP contribution is -2.45. The summed E-state index contributed by atoms with van der Waals surface area (Å²) in [6.45, 7) is 2.00. The number of hydrogen-bond acceptors (Lipinski definition) is 4. The number of aromatic nitrogens is 2. The monoisotopic (exact) mass is 417 g/mol. The zero-order valence-corrected chi connectivity index (χ0v) is 16.6. The number of halogens is 3. The van der Waals surface area contributed by atoms with Gasteiger partial charge in [0.1, 0.15) is 17.5 Å². The molecule has 1 saturated heterocycles. The fourth-order valence-corrected chi connectivity index (χ4v) is 4.86. The molecule has 158 valence electrons. The second-order valence-electron chi connectivity index (χ2n) is 8.39. The van der Waals surface area contributed by atoms with Crippen LogP contribution in [0.4, 0.5) is 19.0 Å². The van der Waals surface area contributed by atoms with Gasteiger partial charge in [-0.1, -0.05) is 12.1 Å². The Labute approximate surface area is 172 Å². The van der Waals surface area contributed by atoms with Crippen molar-refractivity contribution in [3.63, 3.8) is 0 Å². The average molecular weight is 417 g/mol. The standard InChI is InChI=1S/C22H22F3N3O2/c1-14-26-7-5-19(27-14)28-8-6-21(20(28)30)11-15(12-22(24,25)13-21)9-18(29)16-3-2-4-17(23)10-16/h2-5,7,10,15H,6,8-9,11-13H2,1H3/t15-,21+/m1/s1. The number of aryl methyl sites for hydroxylation is 1. The van der Waals surface area contributed by atoms with Crippen molar-refractivity contribution < 1.29 is 22.8 Å². The van der Waals surface area contributed by atoms with Crippen molar-refractivity contribution >= 4 is 17.5 Å². The Morgan fingerprint density at radius 2 is 2.07 bits per heavy atom. The number of carbonyl (C=O) groups is 2. The van der Waals surface area contributed by atoms with Crippen molar-refractivity contribution in [2.75, 3.05) is 11.4 Å². The minimum atomic E-state index is -3.04. The van der Waals surface area contributed by atoms with E-state index in [1.165, 1.54) is 29.3 Å². The van der Waals surface area contributed by atoms with Gasteiger partial charge >= 0.3 is 0 Å². The normalized spacial score (nSPS) is 25.7. The van der Waals surface area contributed by atoms with Gasteiger partial charge in [0.05, 0.1) is 5.41 Å². The Kier molecular flexibility index (Phi) is 5.11. The van der Waals surface area contributed by atoms with Crippen molar-refractivity contribution in [1.29, 1.82) is 0 Å². The molecule has 8 heteroatoms. The molecule has 2 aromatic rings. The maximum absolute atomic E-state index is 14.7. The van der Waals surface area contributed by atoms with Crippen LogP contribution in [0.1, 0.15) is 48.3 Å². The average Bonchev–Trinajstić information content (AvgIpc) is 2.95. The molecular weight excluding hydrogens is 395 g/mol. The van der Waals surface area contributed by atoms with Crippen molar-refractivity contribution in [3.05, 3.63) is 53.7 Å². The molecule has 1 saturated carbocycles. The van der Waals surface area contributed by atoms with E-state index in [0.29, 0.717) is 18.2 Å². The Morgan fingerprint density at radius 3 is 2.80 bits per heavy atom. The van der Waals surface area contributed by atoms with Crippen LogP contribution in [0.3, 0.4) is 0 Å². The molecular formula is C22H22F3N3O2. The first-order valence-electron chi connectivity index (χ1n) is 9.96. The van der Waals surface area contributed by atoms with Gasteiger partial charge in [-0.3, -0.25) is 14.5 Å². The number of benzene rings is 1. The smallest absolute Gasteiger partial charge is 0.249 e. The molecule has 1 spiro atoms. The van der Waals surface area contributed by atoms with Gasteiger partial charge in [0, 0.05) is 37.6 Å². The Morgan fingerprint density at radius 1 is 1.27 bits per heavy atom. The van der Waals surface area contributed by atoms with E-state index in [2.05, 4.69) is 9.97 Å². The minimum absolute atomic E-state index is 0.138. The number of rotatable bonds is 4. The third-order valence-electron chi connectivity index (χ3n) is 6.04. The molecule has 0 bridgehead atoms. The van der Waals surface area contributed by atoms with Crippen LogP contribution in [0.15, 0.2) is 36.5 Å². The molecule has 0 unspecified atom stereocenters. The quantitative estimate of drug-likeness (QED) is 0.694. The Hall–Kier alpha value is -2.77. The van der Waals surface area contributed by atoms with E-state index in [9.17, 15) is 22.8 Å². The molecule has 2 aliphatic rings. The number of nitrogens with zero attached hydrogens (tertiary/aromatic N) is 3. The van der Waals surface area contributed by atoms with Crippen LogP contribution in [-0.2, 0) is 4.79 Å². The van der Waals surface area contributed by atoms with E-state index >= 15 is 0 Å². The molecule has 2 atom stereocenters. The third-order valence-corrected chi connectivity index (χ3v) is 6.04. The molecule has 0 radical (unpaired) electrons. The molecule has 2 fully saturated rings. The molecule has 1 aromatic heterocycles. The van der Waals surface area contributed by atoms with Crippen LogP contribution in [0.2, 0.25) is 0 Å². The van der Waals surface area contributed by atoms with Gasteiger partial charge < -0.3 is 0 Å². The van der Waals surface area contributed by atoms with E-state index < -0.39 is 35.9 Å². The number of amides is 1. The zero-order valence-electron chi connectivity index (χ0n) is 16.6. The summed E-state index contributed by atoms with van der Waals surface area (Å²) in [5, 5.41) is 0. The first kappa shape index (κ1) is 20.5. The predicted molar refractivity (Wildman–Crippen MR) is 104 cm³/mol. The van der Waals surface area contributed by atoms with Gasteiger partial charge in [-0.15, -0.1) is 0 Å². The first-order chi connectivity index (χ1) is 14.2. The largest absolute Gasteiger partial charge is 0.296 e. The van der Waals surface area contributed by atoms with E-state index in [4.69, 9.17) is 0 Å². The summed E-state index contributed by atoms with van der Waals surface area (Å²) in [6, 6.07) is 6.82. The van der Waals surface area contributed by atoms with Crippen LogP contribution >= 0.6 is 0 Å². The lowest BCUT2D eigenvalue weighted by Gasteiger charge is -2.40. The van der Waals surface area contributed by atoms with Crippen LogP contribution in [-0.4, -0.2) is 34.1 Å². The molecule has 1 aromatic carbocycles. The van der Waals surface area contributed by atoms with Gasteiger partial charge in [-0.05, 0) is 43.9 Å². The number of carbonyl (C=O) groups excluding carboxylic acids is 2. The highest BCUT2D eigenvalue weighted by Crippen LogP contribution is 2.53. The first-order valence-corrected chi connectivity index (χ1v) is 9.96. The van der Waals surface area contributed by atoms with Crippen molar-refractivity contribution in [1.82, 2.24) is 9.97 Å². The minimum Gasteiger partial charge on any atom is -0.296 e. The highest BCUT2D eigenvalue weighted by atomic mass is 19.3. The highest BCUT2D eigenvalue weighted by Gasteiger charge is 2.57. The fraction of sp³-hybridized carbons (Fsp3) is 0.455. The van der Waals surface area contributed by atoms with Crippen LogP contribution in [0.25, 0.3) is 0 Å². The summed E-state index contributed by atoms with van der Waals surface area (Å²) >= 11 is 0. The molecule has 2 heterocycles. The van der Waals surface area contributed by atoms with E-state index in [-0.39, 0.29) is 36.5 Å². The summed E-state index contributed by atoms with van der Waals surface area (Å²) in [6.07, 6.45) is 0.921. The lowest BCUT2D eigenvalue weighted by molar-refractivity contribution is -0.143. The predicted octanol–water partition coefficient (Wildman–Crippen LogP) is 4.36. The van der Waals surface area contributed by atoms with Gasteiger partial charge in [-0.2, -0.15) is 0 Å². The summed E-state index contributed by atoms with van der Waals surface area (Å²) < 4.78 is 42.8. The van der Waals surface area contributed by atoms with Gasteiger partial charge in [0.25, 0.3) is 0 Å². The van der Waals surface area contributed by atoms with E-state index in [1.807, 2.05) is 0 Å². The molecule has 5 nitrogen and oxygen atoms in total.